The lowest BCUT2D eigenvalue weighted by atomic mass is 10.4. The van der Waals surface area contributed by atoms with Crippen molar-refractivity contribution in [2.45, 2.75) is 33.0 Å². The van der Waals surface area contributed by atoms with Crippen LogP contribution in [0.15, 0.2) is 0 Å². The standard InChI is InChI=1S/C5H10O2.C2H6/c1-6-5-3-2-4-7-5;1-2/h5H,2-4H2,1H3;1-2H3. The lowest BCUT2D eigenvalue weighted by molar-refractivity contribution is -0.0880. The van der Waals surface area contributed by atoms with E-state index < -0.39 is 0 Å². The molecule has 56 valence electrons. The van der Waals surface area contributed by atoms with Crippen molar-refractivity contribution >= 4 is 0 Å². The van der Waals surface area contributed by atoms with Crippen molar-refractivity contribution in [2.75, 3.05) is 13.7 Å². The molecule has 1 fully saturated rings. The van der Waals surface area contributed by atoms with Gasteiger partial charge in [0.2, 0.25) is 0 Å². The van der Waals surface area contributed by atoms with Crippen LogP contribution in [0.25, 0.3) is 0 Å². The summed E-state index contributed by atoms with van der Waals surface area (Å²) < 4.78 is 9.97. The number of hydrogen-bond acceptors (Lipinski definition) is 2. The first-order valence-electron chi connectivity index (χ1n) is 3.58. The summed E-state index contributed by atoms with van der Waals surface area (Å²) >= 11 is 0. The van der Waals surface area contributed by atoms with E-state index in [0.717, 1.165) is 19.4 Å². The highest BCUT2D eigenvalue weighted by Crippen LogP contribution is 2.10. The van der Waals surface area contributed by atoms with Crippen molar-refractivity contribution in [3.63, 3.8) is 0 Å². The highest BCUT2D eigenvalue weighted by Gasteiger charge is 2.12. The molecule has 1 saturated heterocycles. The van der Waals surface area contributed by atoms with Crippen LogP contribution in [-0.4, -0.2) is 20.0 Å². The van der Waals surface area contributed by atoms with Crippen molar-refractivity contribution in [1.82, 2.24) is 0 Å². The molecule has 1 aliphatic heterocycles. The van der Waals surface area contributed by atoms with Crippen LogP contribution in [0.4, 0.5) is 0 Å². The molecule has 0 bridgehead atoms. The van der Waals surface area contributed by atoms with Crippen molar-refractivity contribution in [2.24, 2.45) is 0 Å². The van der Waals surface area contributed by atoms with Gasteiger partial charge < -0.3 is 9.47 Å². The summed E-state index contributed by atoms with van der Waals surface area (Å²) in [5.41, 5.74) is 0. The van der Waals surface area contributed by atoms with Crippen LogP contribution < -0.4 is 0 Å². The Hall–Kier alpha value is -0.0800. The van der Waals surface area contributed by atoms with Gasteiger partial charge in [-0.05, 0) is 6.42 Å². The highest BCUT2D eigenvalue weighted by atomic mass is 16.7. The summed E-state index contributed by atoms with van der Waals surface area (Å²) in [5.74, 6) is 0. The topological polar surface area (TPSA) is 18.5 Å². The Kier molecular flexibility index (Phi) is 5.99. The average Bonchev–Trinajstić information content (AvgIpc) is 2.43. The zero-order chi connectivity index (χ0) is 7.11. The van der Waals surface area contributed by atoms with Gasteiger partial charge in [-0.2, -0.15) is 0 Å². The third kappa shape index (κ3) is 3.49. The molecular formula is C7H16O2. The fourth-order valence-electron chi connectivity index (χ4n) is 0.734. The summed E-state index contributed by atoms with van der Waals surface area (Å²) in [4.78, 5) is 0. The van der Waals surface area contributed by atoms with Crippen LogP contribution >= 0.6 is 0 Å². The number of rotatable bonds is 1. The predicted molar refractivity (Wildman–Crippen MR) is 37.3 cm³/mol. The molecule has 2 heteroatoms. The highest BCUT2D eigenvalue weighted by molar-refractivity contribution is 4.52. The summed E-state index contributed by atoms with van der Waals surface area (Å²) in [5, 5.41) is 0. The largest absolute Gasteiger partial charge is 0.356 e. The van der Waals surface area contributed by atoms with Gasteiger partial charge in [0.05, 0.1) is 0 Å². The molecule has 0 saturated carbocycles. The Morgan fingerprint density at radius 1 is 1.44 bits per heavy atom. The second-order valence-electron chi connectivity index (χ2n) is 1.68. The van der Waals surface area contributed by atoms with Crippen molar-refractivity contribution in [3.05, 3.63) is 0 Å². The second-order valence-corrected chi connectivity index (χ2v) is 1.68. The van der Waals surface area contributed by atoms with Crippen LogP contribution in [0.3, 0.4) is 0 Å². The minimum absolute atomic E-state index is 0.0972. The van der Waals surface area contributed by atoms with Gasteiger partial charge in [-0.15, -0.1) is 0 Å². The van der Waals surface area contributed by atoms with E-state index in [0.29, 0.717) is 0 Å². The normalized spacial score (nSPS) is 25.0. The second kappa shape index (κ2) is 6.05. The minimum Gasteiger partial charge on any atom is -0.356 e. The molecule has 0 radical (unpaired) electrons. The van der Waals surface area contributed by atoms with E-state index in [1.807, 2.05) is 13.8 Å². The van der Waals surface area contributed by atoms with Gasteiger partial charge in [0.1, 0.15) is 0 Å². The van der Waals surface area contributed by atoms with E-state index in [1.54, 1.807) is 7.11 Å². The average molecular weight is 132 g/mol. The van der Waals surface area contributed by atoms with E-state index in [4.69, 9.17) is 9.47 Å². The first-order valence-corrected chi connectivity index (χ1v) is 3.58. The first kappa shape index (κ1) is 8.92. The fraction of sp³-hybridized carbons (Fsp3) is 1.00. The molecular weight excluding hydrogens is 116 g/mol. The summed E-state index contributed by atoms with van der Waals surface area (Å²) in [6.07, 6.45) is 2.31. The van der Waals surface area contributed by atoms with Gasteiger partial charge in [-0.3, -0.25) is 0 Å². The van der Waals surface area contributed by atoms with E-state index in [9.17, 15) is 0 Å². The molecule has 1 unspecified atom stereocenters. The fourth-order valence-corrected chi connectivity index (χ4v) is 0.734. The SMILES string of the molecule is CC.COC1CCCO1. The first-order chi connectivity index (χ1) is 4.43. The molecule has 0 aromatic rings. The van der Waals surface area contributed by atoms with Crippen LogP contribution in [0.2, 0.25) is 0 Å². The van der Waals surface area contributed by atoms with Gasteiger partial charge in [0.15, 0.2) is 6.29 Å². The van der Waals surface area contributed by atoms with Gasteiger partial charge in [-0.1, -0.05) is 13.8 Å². The molecule has 1 aliphatic rings. The van der Waals surface area contributed by atoms with Crippen LogP contribution in [0, 0.1) is 0 Å². The molecule has 2 nitrogen and oxygen atoms in total. The van der Waals surface area contributed by atoms with E-state index in [1.165, 1.54) is 0 Å². The maximum absolute atomic E-state index is 5.08. The Balaban J connectivity index is 0.000000291. The van der Waals surface area contributed by atoms with Crippen molar-refractivity contribution in [1.29, 1.82) is 0 Å². The molecule has 0 N–H and O–H groups in total. The van der Waals surface area contributed by atoms with E-state index >= 15 is 0 Å². The molecule has 9 heavy (non-hydrogen) atoms. The van der Waals surface area contributed by atoms with Crippen LogP contribution in [0.1, 0.15) is 26.7 Å². The number of ether oxygens (including phenoxy) is 2. The van der Waals surface area contributed by atoms with Crippen molar-refractivity contribution in [3.8, 4) is 0 Å². The molecule has 1 rings (SSSR count). The zero-order valence-electron chi connectivity index (χ0n) is 6.52. The van der Waals surface area contributed by atoms with Gasteiger partial charge in [0.25, 0.3) is 0 Å². The molecule has 0 aromatic heterocycles. The molecule has 0 spiro atoms. The Bertz CT molecular complexity index is 48.9. The van der Waals surface area contributed by atoms with Gasteiger partial charge in [-0.25, -0.2) is 0 Å². The third-order valence-corrected chi connectivity index (χ3v) is 1.15. The van der Waals surface area contributed by atoms with E-state index in [2.05, 4.69) is 0 Å². The predicted octanol–water partition coefficient (Wildman–Crippen LogP) is 1.80. The lowest BCUT2D eigenvalue weighted by Crippen LogP contribution is -2.05. The van der Waals surface area contributed by atoms with Gasteiger partial charge in [0, 0.05) is 20.1 Å². The van der Waals surface area contributed by atoms with Crippen LogP contribution in [-0.2, 0) is 9.47 Å². The Morgan fingerprint density at radius 2 is 2.11 bits per heavy atom. The quantitative estimate of drug-likeness (QED) is 0.541. The number of methoxy groups -OCH3 is 1. The van der Waals surface area contributed by atoms with Crippen molar-refractivity contribution < 1.29 is 9.47 Å². The molecule has 0 aliphatic carbocycles. The smallest absolute Gasteiger partial charge is 0.157 e. The van der Waals surface area contributed by atoms with E-state index in [-0.39, 0.29) is 6.29 Å². The Labute approximate surface area is 57.2 Å². The maximum atomic E-state index is 5.08. The molecule has 0 amide bonds. The van der Waals surface area contributed by atoms with Gasteiger partial charge >= 0.3 is 0 Å². The summed E-state index contributed by atoms with van der Waals surface area (Å²) in [6, 6.07) is 0. The van der Waals surface area contributed by atoms with Crippen LogP contribution in [0.5, 0.6) is 0 Å². The zero-order valence-corrected chi connectivity index (χ0v) is 6.52. The maximum Gasteiger partial charge on any atom is 0.157 e. The number of hydrogen-bond donors (Lipinski definition) is 0. The minimum atomic E-state index is 0.0972. The lowest BCUT2D eigenvalue weighted by Gasteiger charge is -2.03. The molecule has 0 aromatic carbocycles. The molecule has 1 atom stereocenters. The summed E-state index contributed by atoms with van der Waals surface area (Å²) in [6.45, 7) is 4.87. The molecule has 1 heterocycles. The third-order valence-electron chi connectivity index (χ3n) is 1.15. The monoisotopic (exact) mass is 132 g/mol. The summed E-state index contributed by atoms with van der Waals surface area (Å²) in [7, 11) is 1.68. The Morgan fingerprint density at radius 3 is 2.33 bits per heavy atom.